The number of hydrogen-bond donors (Lipinski definition) is 0. The first-order valence-corrected chi connectivity index (χ1v) is 5.24. The molecule has 17 heavy (non-hydrogen) atoms. The first kappa shape index (κ1) is 11.5. The highest BCUT2D eigenvalue weighted by Gasteiger charge is 2.19. The average molecular weight is 253 g/mol. The smallest absolute Gasteiger partial charge is 0.358 e. The summed E-state index contributed by atoms with van der Waals surface area (Å²) >= 11 is 5.69. The Morgan fingerprint density at radius 2 is 2.29 bits per heavy atom. The lowest BCUT2D eigenvalue weighted by molar-refractivity contribution is -0.389. The highest BCUT2D eigenvalue weighted by atomic mass is 35.5. The van der Waals surface area contributed by atoms with Crippen molar-refractivity contribution in [2.45, 2.75) is 13.5 Å². The molecule has 0 fully saturated rings. The van der Waals surface area contributed by atoms with E-state index in [4.69, 9.17) is 11.6 Å². The van der Waals surface area contributed by atoms with Crippen molar-refractivity contribution in [3.63, 3.8) is 0 Å². The summed E-state index contributed by atoms with van der Waals surface area (Å²) in [5.74, 6) is -0.334. The summed E-state index contributed by atoms with van der Waals surface area (Å²) < 4.78 is 1.40. The van der Waals surface area contributed by atoms with Crippen LogP contribution in [-0.2, 0) is 6.54 Å². The molecule has 7 heteroatoms. The monoisotopic (exact) mass is 252 g/mol. The van der Waals surface area contributed by atoms with Crippen molar-refractivity contribution in [2.24, 2.45) is 0 Å². The van der Waals surface area contributed by atoms with Crippen LogP contribution in [0.2, 0.25) is 5.02 Å². The molecule has 0 aliphatic heterocycles. The predicted molar refractivity (Wildman–Crippen MR) is 62.0 cm³/mol. The molecule has 0 saturated heterocycles. The highest BCUT2D eigenvalue weighted by Crippen LogP contribution is 2.21. The molecule has 6 nitrogen and oxygen atoms in total. The van der Waals surface area contributed by atoms with Gasteiger partial charge in [-0.25, -0.2) is 0 Å². The van der Waals surface area contributed by atoms with Gasteiger partial charge >= 0.3 is 5.82 Å². The van der Waals surface area contributed by atoms with Crippen molar-refractivity contribution in [2.75, 3.05) is 0 Å². The summed E-state index contributed by atoms with van der Waals surface area (Å²) in [6.45, 7) is 2.23. The van der Waals surface area contributed by atoms with Crippen LogP contribution in [0.4, 0.5) is 5.82 Å². The third-order valence-corrected chi connectivity index (χ3v) is 2.41. The van der Waals surface area contributed by atoms with E-state index in [1.165, 1.54) is 10.9 Å². The standard InChI is InChI=1S/C10H9ClN4O2/c1-7-3-2-4-8(12-7)5-14-6-9(11)10(13-14)15(16)17/h2-4,6H,5H2,1H3. The van der Waals surface area contributed by atoms with E-state index >= 15 is 0 Å². The van der Waals surface area contributed by atoms with Gasteiger partial charge in [-0.2, -0.15) is 4.68 Å². The Labute approximate surface area is 102 Å². The third kappa shape index (κ3) is 2.59. The van der Waals surface area contributed by atoms with Crippen LogP contribution in [0.3, 0.4) is 0 Å². The molecule has 2 heterocycles. The Bertz CT molecular complexity index is 567. The zero-order valence-electron chi connectivity index (χ0n) is 9.00. The van der Waals surface area contributed by atoms with Gasteiger partial charge < -0.3 is 10.1 Å². The van der Waals surface area contributed by atoms with Crippen molar-refractivity contribution < 1.29 is 4.92 Å². The number of rotatable bonds is 3. The Morgan fingerprint density at radius 1 is 1.53 bits per heavy atom. The van der Waals surface area contributed by atoms with Gasteiger partial charge in [0.05, 0.1) is 17.0 Å². The van der Waals surface area contributed by atoms with Crippen molar-refractivity contribution in [3.8, 4) is 0 Å². The molecule has 0 atom stereocenters. The summed E-state index contributed by atoms with van der Waals surface area (Å²) in [7, 11) is 0. The van der Waals surface area contributed by atoms with E-state index in [1.54, 1.807) is 0 Å². The number of aryl methyl sites for hydroxylation is 1. The van der Waals surface area contributed by atoms with E-state index in [0.717, 1.165) is 11.4 Å². The number of hydrogen-bond acceptors (Lipinski definition) is 4. The fraction of sp³-hybridized carbons (Fsp3) is 0.200. The molecular weight excluding hydrogens is 244 g/mol. The van der Waals surface area contributed by atoms with E-state index in [2.05, 4.69) is 10.1 Å². The van der Waals surface area contributed by atoms with Gasteiger partial charge in [-0.15, -0.1) is 0 Å². The van der Waals surface area contributed by atoms with Crippen molar-refractivity contribution >= 4 is 17.4 Å². The predicted octanol–water partition coefficient (Wildman–Crippen LogP) is 2.20. The Balaban J connectivity index is 2.25. The van der Waals surface area contributed by atoms with Gasteiger partial charge in [0, 0.05) is 5.69 Å². The van der Waals surface area contributed by atoms with Gasteiger partial charge in [-0.05, 0) is 24.0 Å². The van der Waals surface area contributed by atoms with Crippen LogP contribution in [0.1, 0.15) is 11.4 Å². The number of pyridine rings is 1. The van der Waals surface area contributed by atoms with Gasteiger partial charge in [0.1, 0.15) is 6.54 Å². The van der Waals surface area contributed by atoms with E-state index in [-0.39, 0.29) is 10.8 Å². The Kier molecular flexibility index (Phi) is 3.06. The van der Waals surface area contributed by atoms with Crippen molar-refractivity contribution in [1.82, 2.24) is 14.8 Å². The van der Waals surface area contributed by atoms with Crippen LogP contribution in [0.5, 0.6) is 0 Å². The molecule has 0 bridgehead atoms. The first-order chi connectivity index (χ1) is 8.06. The molecule has 2 aromatic rings. The molecular formula is C10H9ClN4O2. The molecule has 88 valence electrons. The molecule has 0 radical (unpaired) electrons. The second kappa shape index (κ2) is 4.50. The minimum absolute atomic E-state index is 0.0302. The van der Waals surface area contributed by atoms with Gasteiger partial charge in [-0.1, -0.05) is 17.7 Å². The van der Waals surface area contributed by atoms with Crippen LogP contribution in [-0.4, -0.2) is 19.7 Å². The second-order valence-corrected chi connectivity index (χ2v) is 3.93. The lowest BCUT2D eigenvalue weighted by Crippen LogP contribution is -2.03. The first-order valence-electron chi connectivity index (χ1n) is 4.86. The topological polar surface area (TPSA) is 73.8 Å². The highest BCUT2D eigenvalue weighted by molar-refractivity contribution is 6.32. The number of nitrogens with zero attached hydrogens (tertiary/aromatic N) is 4. The molecule has 0 unspecified atom stereocenters. The Morgan fingerprint density at radius 3 is 2.88 bits per heavy atom. The quantitative estimate of drug-likeness (QED) is 0.620. The number of halogens is 1. The molecule has 0 saturated carbocycles. The molecule has 0 aliphatic carbocycles. The zero-order valence-corrected chi connectivity index (χ0v) is 9.76. The van der Waals surface area contributed by atoms with Crippen LogP contribution in [0.15, 0.2) is 24.4 Å². The summed E-state index contributed by atoms with van der Waals surface area (Å²) in [6, 6.07) is 5.58. The summed E-state index contributed by atoms with van der Waals surface area (Å²) in [6.07, 6.45) is 1.42. The second-order valence-electron chi connectivity index (χ2n) is 3.53. The number of aromatic nitrogens is 3. The van der Waals surface area contributed by atoms with Gasteiger partial charge in [-0.3, -0.25) is 4.98 Å². The molecule has 2 aromatic heterocycles. The summed E-state index contributed by atoms with van der Waals surface area (Å²) in [4.78, 5) is 14.2. The van der Waals surface area contributed by atoms with Gasteiger partial charge in [0.15, 0.2) is 5.02 Å². The normalized spacial score (nSPS) is 10.5. The van der Waals surface area contributed by atoms with Crippen LogP contribution in [0.25, 0.3) is 0 Å². The maximum Gasteiger partial charge on any atom is 0.408 e. The maximum atomic E-state index is 10.6. The fourth-order valence-electron chi connectivity index (χ4n) is 1.45. The third-order valence-electron chi connectivity index (χ3n) is 2.14. The van der Waals surface area contributed by atoms with Gasteiger partial charge in [0.25, 0.3) is 0 Å². The van der Waals surface area contributed by atoms with E-state index < -0.39 is 4.92 Å². The zero-order chi connectivity index (χ0) is 12.4. The SMILES string of the molecule is Cc1cccc(Cn2cc(Cl)c([N+](=O)[O-])n2)n1. The lowest BCUT2D eigenvalue weighted by atomic mass is 10.3. The Hall–Kier alpha value is -1.95. The van der Waals surface area contributed by atoms with Crippen molar-refractivity contribution in [3.05, 3.63) is 50.9 Å². The van der Waals surface area contributed by atoms with E-state index in [1.807, 2.05) is 25.1 Å². The number of nitro groups is 1. The van der Waals surface area contributed by atoms with Crippen LogP contribution in [0, 0.1) is 17.0 Å². The summed E-state index contributed by atoms with van der Waals surface area (Å²) in [5.41, 5.74) is 1.66. The summed E-state index contributed by atoms with van der Waals surface area (Å²) in [5, 5.41) is 14.4. The molecule has 0 aromatic carbocycles. The fourth-order valence-corrected chi connectivity index (χ4v) is 1.66. The largest absolute Gasteiger partial charge is 0.408 e. The molecule has 0 spiro atoms. The van der Waals surface area contributed by atoms with E-state index in [9.17, 15) is 10.1 Å². The van der Waals surface area contributed by atoms with E-state index in [0.29, 0.717) is 6.54 Å². The molecule has 2 rings (SSSR count). The maximum absolute atomic E-state index is 10.6. The molecule has 0 amide bonds. The minimum Gasteiger partial charge on any atom is -0.358 e. The van der Waals surface area contributed by atoms with Gasteiger partial charge in [0.2, 0.25) is 0 Å². The lowest BCUT2D eigenvalue weighted by Gasteiger charge is -1.98. The van der Waals surface area contributed by atoms with Crippen LogP contribution < -0.4 is 0 Å². The minimum atomic E-state index is -0.609. The average Bonchev–Trinajstić information content (AvgIpc) is 2.59. The molecule has 0 N–H and O–H groups in total. The van der Waals surface area contributed by atoms with Crippen LogP contribution >= 0.6 is 11.6 Å². The van der Waals surface area contributed by atoms with Crippen molar-refractivity contribution in [1.29, 1.82) is 0 Å². The molecule has 0 aliphatic rings.